The number of amides is 1. The molecular weight excluding hydrogens is 234 g/mol. The van der Waals surface area contributed by atoms with Crippen LogP contribution in [0, 0.1) is 0 Å². The second-order valence-electron chi connectivity index (χ2n) is 3.40. The Morgan fingerprint density at radius 2 is 2.53 bits per heavy atom. The largest absolute Gasteiger partial charge is 0.327 e. The summed E-state index contributed by atoms with van der Waals surface area (Å²) in [5.74, 6) is -0.0412. The lowest BCUT2D eigenvalue weighted by Gasteiger charge is -2.02. The number of halogens is 1. The van der Waals surface area contributed by atoms with E-state index >= 15 is 0 Å². The molecule has 1 fully saturated rings. The molecule has 0 unspecified atom stereocenters. The number of carbonyl (C=O) groups is 1. The average Bonchev–Trinajstić information content (AvgIpc) is 2.77. The molecular formula is C9H14ClN3OS. The number of hydrogen-bond acceptors (Lipinski definition) is 3. The summed E-state index contributed by atoms with van der Waals surface area (Å²) in [5, 5.41) is 5.07. The van der Waals surface area contributed by atoms with Crippen molar-refractivity contribution in [2.75, 3.05) is 6.54 Å². The maximum Gasteiger partial charge on any atom is 0.265 e. The summed E-state index contributed by atoms with van der Waals surface area (Å²) in [4.78, 5) is 16.5. The van der Waals surface area contributed by atoms with Crippen LogP contribution in [-0.4, -0.2) is 23.1 Å². The van der Waals surface area contributed by atoms with Gasteiger partial charge in [-0.05, 0) is 19.4 Å². The third-order valence-electron chi connectivity index (χ3n) is 2.32. The van der Waals surface area contributed by atoms with Gasteiger partial charge in [0.25, 0.3) is 5.91 Å². The molecule has 2 heterocycles. The fourth-order valence-electron chi connectivity index (χ4n) is 1.50. The Labute approximate surface area is 98.4 Å². The number of nitrogens with zero attached hydrogens (tertiary/aromatic N) is 2. The summed E-state index contributed by atoms with van der Waals surface area (Å²) < 4.78 is 1.86. The third kappa shape index (κ3) is 2.90. The first-order valence-electron chi connectivity index (χ1n) is 4.69. The maximum absolute atomic E-state index is 11.6. The Bertz CT molecular complexity index is 392. The number of aromatic nitrogens is 1. The monoisotopic (exact) mass is 247 g/mol. The van der Waals surface area contributed by atoms with E-state index in [1.54, 1.807) is 0 Å². The van der Waals surface area contributed by atoms with Crippen molar-refractivity contribution in [3.63, 3.8) is 0 Å². The van der Waals surface area contributed by atoms with E-state index in [-0.39, 0.29) is 24.4 Å². The van der Waals surface area contributed by atoms with Gasteiger partial charge in [-0.3, -0.25) is 4.79 Å². The van der Waals surface area contributed by atoms with Crippen LogP contribution in [0.1, 0.15) is 12.8 Å². The van der Waals surface area contributed by atoms with E-state index in [1.165, 1.54) is 11.3 Å². The van der Waals surface area contributed by atoms with Gasteiger partial charge in [0.1, 0.15) is 0 Å². The number of rotatable bonds is 1. The van der Waals surface area contributed by atoms with Crippen molar-refractivity contribution in [3.05, 3.63) is 16.4 Å². The molecule has 0 aromatic carbocycles. The first kappa shape index (κ1) is 12.4. The molecule has 1 aliphatic rings. The minimum Gasteiger partial charge on any atom is -0.327 e. The molecule has 1 N–H and O–H groups in total. The van der Waals surface area contributed by atoms with Crippen molar-refractivity contribution in [2.24, 2.45) is 12.0 Å². The van der Waals surface area contributed by atoms with Gasteiger partial charge in [-0.1, -0.05) is 0 Å². The summed E-state index contributed by atoms with van der Waals surface area (Å²) >= 11 is 1.48. The molecule has 1 atom stereocenters. The van der Waals surface area contributed by atoms with E-state index in [0.717, 1.165) is 24.2 Å². The van der Waals surface area contributed by atoms with E-state index in [4.69, 9.17) is 0 Å². The molecule has 0 saturated carbocycles. The summed E-state index contributed by atoms with van der Waals surface area (Å²) in [5.41, 5.74) is 0. The SMILES string of the molecule is Cl.Cn1ccsc1=NC(=O)[C@@H]1CCCN1. The van der Waals surface area contributed by atoms with Crippen LogP contribution in [0.3, 0.4) is 0 Å². The van der Waals surface area contributed by atoms with Crippen molar-refractivity contribution in [2.45, 2.75) is 18.9 Å². The molecule has 2 rings (SSSR count). The first-order valence-corrected chi connectivity index (χ1v) is 5.57. The van der Waals surface area contributed by atoms with Crippen LogP contribution in [0.2, 0.25) is 0 Å². The van der Waals surface area contributed by atoms with Crippen molar-refractivity contribution in [1.29, 1.82) is 0 Å². The highest BCUT2D eigenvalue weighted by Gasteiger charge is 2.21. The highest BCUT2D eigenvalue weighted by Crippen LogP contribution is 2.05. The molecule has 15 heavy (non-hydrogen) atoms. The molecule has 6 heteroatoms. The molecule has 1 amide bonds. The van der Waals surface area contributed by atoms with Gasteiger partial charge >= 0.3 is 0 Å². The lowest BCUT2D eigenvalue weighted by Crippen LogP contribution is -2.31. The van der Waals surface area contributed by atoms with E-state index in [1.807, 2.05) is 23.2 Å². The Kier molecular flexibility index (Phi) is 4.50. The van der Waals surface area contributed by atoms with Gasteiger partial charge in [0.15, 0.2) is 4.80 Å². The van der Waals surface area contributed by atoms with Gasteiger partial charge < -0.3 is 9.88 Å². The van der Waals surface area contributed by atoms with Crippen LogP contribution in [-0.2, 0) is 11.8 Å². The number of thiazole rings is 1. The summed E-state index contributed by atoms with van der Waals surface area (Å²) in [6.07, 6.45) is 3.89. The highest BCUT2D eigenvalue weighted by atomic mass is 35.5. The van der Waals surface area contributed by atoms with Gasteiger partial charge in [-0.15, -0.1) is 23.7 Å². The molecule has 0 bridgehead atoms. The topological polar surface area (TPSA) is 46.4 Å². The summed E-state index contributed by atoms with van der Waals surface area (Å²) in [6.45, 7) is 0.933. The minimum atomic E-state index is -0.0582. The molecule has 1 aromatic heterocycles. The van der Waals surface area contributed by atoms with Crippen molar-refractivity contribution in [3.8, 4) is 0 Å². The minimum absolute atomic E-state index is 0. The van der Waals surface area contributed by atoms with Gasteiger partial charge in [-0.25, -0.2) is 0 Å². The van der Waals surface area contributed by atoms with Crippen molar-refractivity contribution in [1.82, 2.24) is 9.88 Å². The maximum atomic E-state index is 11.6. The quantitative estimate of drug-likeness (QED) is 0.794. The summed E-state index contributed by atoms with van der Waals surface area (Å²) in [6, 6.07) is -0.0582. The predicted molar refractivity (Wildman–Crippen MR) is 62.1 cm³/mol. The number of nitrogens with one attached hydrogen (secondary N) is 1. The van der Waals surface area contributed by atoms with Crippen LogP contribution >= 0.6 is 23.7 Å². The molecule has 84 valence electrons. The Morgan fingerprint density at radius 3 is 3.07 bits per heavy atom. The zero-order valence-corrected chi connectivity index (χ0v) is 10.1. The molecule has 4 nitrogen and oxygen atoms in total. The Hall–Kier alpha value is -0.650. The zero-order valence-electron chi connectivity index (χ0n) is 8.47. The fraction of sp³-hybridized carbons (Fsp3) is 0.556. The van der Waals surface area contributed by atoms with Gasteiger partial charge in [0, 0.05) is 18.6 Å². The lowest BCUT2D eigenvalue weighted by molar-refractivity contribution is -0.119. The van der Waals surface area contributed by atoms with Gasteiger partial charge in [-0.2, -0.15) is 4.99 Å². The molecule has 1 aliphatic heterocycles. The van der Waals surface area contributed by atoms with Gasteiger partial charge in [0.2, 0.25) is 0 Å². The van der Waals surface area contributed by atoms with Crippen molar-refractivity contribution >= 4 is 29.7 Å². The molecule has 0 spiro atoms. The normalized spacial score (nSPS) is 21.4. The average molecular weight is 248 g/mol. The van der Waals surface area contributed by atoms with E-state index in [9.17, 15) is 4.79 Å². The first-order chi connectivity index (χ1) is 6.77. The van der Waals surface area contributed by atoms with Crippen LogP contribution in [0.5, 0.6) is 0 Å². The molecule has 0 aliphatic carbocycles. The zero-order chi connectivity index (χ0) is 9.97. The summed E-state index contributed by atoms with van der Waals surface area (Å²) in [7, 11) is 1.89. The molecule has 1 aromatic rings. The third-order valence-corrected chi connectivity index (χ3v) is 3.17. The molecule has 1 saturated heterocycles. The molecule has 0 radical (unpaired) electrons. The van der Waals surface area contributed by atoms with Crippen molar-refractivity contribution < 1.29 is 4.79 Å². The standard InChI is InChI=1S/C9H13N3OS.ClH/c1-12-5-6-14-9(12)11-8(13)7-3-2-4-10-7;/h5-7,10H,2-4H2,1H3;1H/t7-;/m0./s1. The fourth-order valence-corrected chi connectivity index (χ4v) is 2.24. The predicted octanol–water partition coefficient (Wildman–Crippen LogP) is 0.688. The second-order valence-corrected chi connectivity index (χ2v) is 4.27. The lowest BCUT2D eigenvalue weighted by atomic mass is 10.2. The number of carbonyl (C=O) groups excluding carboxylic acids is 1. The van der Waals surface area contributed by atoms with E-state index < -0.39 is 0 Å². The highest BCUT2D eigenvalue weighted by molar-refractivity contribution is 7.07. The second kappa shape index (κ2) is 5.44. The Balaban J connectivity index is 0.00000112. The van der Waals surface area contributed by atoms with Gasteiger partial charge in [0.05, 0.1) is 6.04 Å². The van der Waals surface area contributed by atoms with E-state index in [2.05, 4.69) is 10.3 Å². The van der Waals surface area contributed by atoms with Crippen LogP contribution in [0.25, 0.3) is 0 Å². The smallest absolute Gasteiger partial charge is 0.265 e. The number of hydrogen-bond donors (Lipinski definition) is 1. The van der Waals surface area contributed by atoms with Crippen LogP contribution in [0.15, 0.2) is 16.6 Å². The van der Waals surface area contributed by atoms with Crippen LogP contribution in [0.4, 0.5) is 0 Å². The number of aryl methyl sites for hydroxylation is 1. The van der Waals surface area contributed by atoms with Crippen LogP contribution < -0.4 is 10.1 Å². The van der Waals surface area contributed by atoms with E-state index in [0.29, 0.717) is 0 Å². The Morgan fingerprint density at radius 1 is 1.73 bits per heavy atom.